The molecule has 2 amide bonds. The fourth-order valence-electron chi connectivity index (χ4n) is 3.83. The molecule has 1 aromatic heterocycles. The fraction of sp³-hybridized carbons (Fsp3) is 0.318. The Balaban J connectivity index is 1.94. The monoisotopic (exact) mass is 421 g/mol. The van der Waals surface area contributed by atoms with Gasteiger partial charge in [0.25, 0.3) is 5.91 Å². The number of nitrogens with two attached hydrogens (primary N) is 2. The van der Waals surface area contributed by atoms with Crippen molar-refractivity contribution in [2.75, 3.05) is 5.73 Å². The molecule has 9 heteroatoms. The van der Waals surface area contributed by atoms with Gasteiger partial charge in [0.05, 0.1) is 11.3 Å². The molecule has 5 N–H and O–H groups in total. The summed E-state index contributed by atoms with van der Waals surface area (Å²) in [5.41, 5.74) is 15.0. The minimum atomic E-state index is -1.06. The van der Waals surface area contributed by atoms with Crippen LogP contribution in [0.4, 0.5) is 5.82 Å². The van der Waals surface area contributed by atoms with E-state index in [1.165, 1.54) is 4.90 Å². The summed E-state index contributed by atoms with van der Waals surface area (Å²) in [5.74, 6) is -2.02. The van der Waals surface area contributed by atoms with Crippen molar-refractivity contribution in [1.29, 1.82) is 5.26 Å². The number of nitrogens with zero attached hydrogens (tertiary/aromatic N) is 3. The van der Waals surface area contributed by atoms with Gasteiger partial charge >= 0.3 is 5.97 Å². The number of aromatic nitrogens is 1. The number of pyridine rings is 1. The maximum absolute atomic E-state index is 12.8. The fourth-order valence-corrected chi connectivity index (χ4v) is 3.83. The summed E-state index contributed by atoms with van der Waals surface area (Å²) in [5, 5.41) is 18.3. The molecular formula is C22H23N5O4. The molecule has 3 rings (SSSR count). The number of nitriles is 1. The van der Waals surface area contributed by atoms with E-state index in [4.69, 9.17) is 16.6 Å². The van der Waals surface area contributed by atoms with E-state index in [0.717, 1.165) is 17.5 Å². The predicted octanol–water partition coefficient (Wildman–Crippen LogP) is 1.83. The maximum Gasteiger partial charge on any atom is 0.303 e. The van der Waals surface area contributed by atoms with E-state index in [-0.39, 0.29) is 31.1 Å². The molecule has 0 fully saturated rings. The quantitative estimate of drug-likeness (QED) is 0.585. The van der Waals surface area contributed by atoms with Crippen LogP contribution in [0.5, 0.6) is 0 Å². The van der Waals surface area contributed by atoms with E-state index in [1.807, 2.05) is 13.0 Å². The maximum atomic E-state index is 12.8. The Kier molecular flexibility index (Phi) is 6.20. The number of benzene rings is 1. The van der Waals surface area contributed by atoms with E-state index < -0.39 is 17.9 Å². The van der Waals surface area contributed by atoms with Crippen LogP contribution >= 0.6 is 0 Å². The van der Waals surface area contributed by atoms with Crippen LogP contribution in [0.2, 0.25) is 0 Å². The number of rotatable bonds is 8. The van der Waals surface area contributed by atoms with Gasteiger partial charge in [-0.15, -0.1) is 0 Å². The second-order valence-electron chi connectivity index (χ2n) is 7.44. The van der Waals surface area contributed by atoms with Crippen LogP contribution in [0, 0.1) is 11.3 Å². The Bertz CT molecular complexity index is 1110. The first-order chi connectivity index (χ1) is 14.8. The highest BCUT2D eigenvalue weighted by Crippen LogP contribution is 2.31. The van der Waals surface area contributed by atoms with E-state index in [0.29, 0.717) is 28.8 Å². The third-order valence-electron chi connectivity index (χ3n) is 5.33. The number of hydrogen-bond acceptors (Lipinski definition) is 6. The molecule has 1 atom stereocenters. The second-order valence-corrected chi connectivity index (χ2v) is 7.44. The van der Waals surface area contributed by atoms with Crippen molar-refractivity contribution in [2.45, 2.75) is 45.2 Å². The molecule has 0 spiro atoms. The topological polar surface area (TPSA) is 163 Å². The average molecular weight is 421 g/mol. The van der Waals surface area contributed by atoms with Crippen LogP contribution in [-0.4, -0.2) is 38.8 Å². The summed E-state index contributed by atoms with van der Waals surface area (Å²) in [6.07, 6.45) is 1.21. The Labute approximate surface area is 179 Å². The molecule has 0 radical (unpaired) electrons. The molecule has 1 aliphatic heterocycles. The summed E-state index contributed by atoms with van der Waals surface area (Å²) in [6, 6.07) is 8.11. The van der Waals surface area contributed by atoms with Crippen molar-refractivity contribution in [3.05, 3.63) is 46.5 Å². The van der Waals surface area contributed by atoms with Crippen LogP contribution in [-0.2, 0) is 22.6 Å². The van der Waals surface area contributed by atoms with E-state index in [2.05, 4.69) is 11.1 Å². The van der Waals surface area contributed by atoms with Gasteiger partial charge in [0, 0.05) is 24.1 Å². The number of fused-ring (bicyclic) bond motifs is 1. The highest BCUT2D eigenvalue weighted by molar-refractivity contribution is 6.01. The highest BCUT2D eigenvalue weighted by Gasteiger charge is 2.35. The number of amides is 2. The number of nitrogen functional groups attached to an aromatic ring is 1. The molecule has 2 aromatic rings. The second kappa shape index (κ2) is 8.83. The highest BCUT2D eigenvalue weighted by atomic mass is 16.4. The van der Waals surface area contributed by atoms with Gasteiger partial charge in [-0.1, -0.05) is 19.4 Å². The van der Waals surface area contributed by atoms with E-state index in [9.17, 15) is 19.6 Å². The van der Waals surface area contributed by atoms with Gasteiger partial charge in [0.1, 0.15) is 17.9 Å². The molecule has 1 aliphatic rings. The Morgan fingerprint density at radius 1 is 1.35 bits per heavy atom. The van der Waals surface area contributed by atoms with Crippen LogP contribution in [0.1, 0.15) is 53.2 Å². The zero-order chi connectivity index (χ0) is 22.7. The number of aryl methyl sites for hydroxylation is 1. The van der Waals surface area contributed by atoms with Crippen molar-refractivity contribution in [2.24, 2.45) is 5.73 Å². The average Bonchev–Trinajstić information content (AvgIpc) is 3.03. The molecule has 1 aromatic carbocycles. The van der Waals surface area contributed by atoms with Crippen LogP contribution in [0.25, 0.3) is 11.3 Å². The first-order valence-electron chi connectivity index (χ1n) is 9.91. The van der Waals surface area contributed by atoms with Crippen molar-refractivity contribution in [3.8, 4) is 17.3 Å². The van der Waals surface area contributed by atoms with Crippen molar-refractivity contribution in [3.63, 3.8) is 0 Å². The Hall–Kier alpha value is -3.93. The number of hydrogen-bond donors (Lipinski definition) is 3. The summed E-state index contributed by atoms with van der Waals surface area (Å²) in [7, 11) is 0. The first kappa shape index (κ1) is 21.8. The standard InChI is InChI=1S/C22H23N5O4/c1-2-3-12-9-17(26-20(24)16(12)10-23)13-4-5-15-14(8-13)11-27(22(15)31)18(21(25)30)6-7-19(28)29/h4-5,8-9,18H,2-3,6-7,11H2,1H3,(H2,24,26)(H2,25,30)(H,28,29)/t18-/m0/s1. The van der Waals surface area contributed by atoms with Crippen LogP contribution in [0.15, 0.2) is 24.3 Å². The number of carboxylic acid groups (broad SMARTS) is 1. The van der Waals surface area contributed by atoms with E-state index in [1.54, 1.807) is 18.2 Å². The van der Waals surface area contributed by atoms with Crippen LogP contribution in [0.3, 0.4) is 0 Å². The number of carbonyl (C=O) groups excluding carboxylic acids is 2. The zero-order valence-corrected chi connectivity index (χ0v) is 17.1. The van der Waals surface area contributed by atoms with Crippen LogP contribution < -0.4 is 11.5 Å². The number of carboxylic acids is 1. The lowest BCUT2D eigenvalue weighted by Gasteiger charge is -2.24. The van der Waals surface area contributed by atoms with Gasteiger partial charge in [-0.2, -0.15) is 5.26 Å². The number of aliphatic carboxylic acids is 1. The number of anilines is 1. The van der Waals surface area contributed by atoms with Gasteiger partial charge in [0.15, 0.2) is 0 Å². The SMILES string of the molecule is CCCc1cc(-c2ccc3c(c2)CN([C@@H](CCC(=O)O)C(N)=O)C3=O)nc(N)c1C#N. The Morgan fingerprint density at radius 2 is 2.10 bits per heavy atom. The van der Waals surface area contributed by atoms with Gasteiger partial charge < -0.3 is 21.5 Å². The normalized spacial score (nSPS) is 13.5. The molecular weight excluding hydrogens is 398 g/mol. The predicted molar refractivity (Wildman–Crippen MR) is 113 cm³/mol. The van der Waals surface area contributed by atoms with Crippen molar-refractivity contribution >= 4 is 23.6 Å². The van der Waals surface area contributed by atoms with Crippen molar-refractivity contribution < 1.29 is 19.5 Å². The number of primary amides is 1. The molecule has 0 bridgehead atoms. The molecule has 160 valence electrons. The molecule has 0 saturated heterocycles. The number of carbonyl (C=O) groups is 3. The molecule has 0 saturated carbocycles. The summed E-state index contributed by atoms with van der Waals surface area (Å²) in [6.45, 7) is 2.15. The Morgan fingerprint density at radius 3 is 2.71 bits per heavy atom. The van der Waals surface area contributed by atoms with Gasteiger partial charge in [-0.25, -0.2) is 4.98 Å². The summed E-state index contributed by atoms with van der Waals surface area (Å²) >= 11 is 0. The smallest absolute Gasteiger partial charge is 0.303 e. The molecule has 0 aliphatic carbocycles. The molecule has 31 heavy (non-hydrogen) atoms. The first-order valence-corrected chi connectivity index (χ1v) is 9.91. The minimum Gasteiger partial charge on any atom is -0.481 e. The lowest BCUT2D eigenvalue weighted by atomic mass is 9.99. The molecule has 9 nitrogen and oxygen atoms in total. The molecule has 0 unspecified atom stereocenters. The van der Waals surface area contributed by atoms with Gasteiger partial charge in [-0.3, -0.25) is 14.4 Å². The summed E-state index contributed by atoms with van der Waals surface area (Å²) in [4.78, 5) is 41.2. The minimum absolute atomic E-state index is 0.0503. The van der Waals surface area contributed by atoms with E-state index >= 15 is 0 Å². The van der Waals surface area contributed by atoms with Crippen molar-refractivity contribution in [1.82, 2.24) is 9.88 Å². The van der Waals surface area contributed by atoms with Gasteiger partial charge in [0.2, 0.25) is 5.91 Å². The third-order valence-corrected chi connectivity index (χ3v) is 5.33. The largest absolute Gasteiger partial charge is 0.481 e. The third kappa shape index (κ3) is 4.33. The molecule has 2 heterocycles. The zero-order valence-electron chi connectivity index (χ0n) is 17.1. The van der Waals surface area contributed by atoms with Gasteiger partial charge in [-0.05, 0) is 42.2 Å². The lowest BCUT2D eigenvalue weighted by Crippen LogP contribution is -2.45. The lowest BCUT2D eigenvalue weighted by molar-refractivity contribution is -0.137. The summed E-state index contributed by atoms with van der Waals surface area (Å²) < 4.78 is 0.